The van der Waals surface area contributed by atoms with Crippen LogP contribution < -0.4 is 0 Å². The highest BCUT2D eigenvalue weighted by Gasteiger charge is 2.55. The van der Waals surface area contributed by atoms with Gasteiger partial charge >= 0.3 is 0 Å². The van der Waals surface area contributed by atoms with Crippen LogP contribution in [0.2, 0.25) is 0 Å². The lowest BCUT2D eigenvalue weighted by atomic mass is 10.1. The minimum atomic E-state index is 0.352. The Morgan fingerprint density at radius 3 is 2.40 bits per heavy atom. The molecule has 3 aliphatic rings. The third-order valence-electron chi connectivity index (χ3n) is 6.31. The molecule has 1 aromatic rings. The van der Waals surface area contributed by atoms with Crippen LogP contribution in [0.4, 0.5) is 0 Å². The number of likely N-dealkylation sites (tertiary alicyclic amines) is 2. The zero-order valence-corrected chi connectivity index (χ0v) is 15.3. The molecule has 2 unspecified atom stereocenters. The van der Waals surface area contributed by atoms with E-state index in [2.05, 4.69) is 9.80 Å². The number of nitrogens with zero attached hydrogens (tertiary/aromatic N) is 2. The van der Waals surface area contributed by atoms with E-state index in [1.165, 1.54) is 64.0 Å². The molecule has 4 heteroatoms. The van der Waals surface area contributed by atoms with Gasteiger partial charge in [-0.25, -0.2) is 0 Å². The molecular formula is C21H32N2O2. The summed E-state index contributed by atoms with van der Waals surface area (Å²) in [6, 6.07) is 7.63. The normalized spacial score (nSPS) is 29.7. The molecule has 4 rings (SSSR count). The predicted octanol–water partition coefficient (Wildman–Crippen LogP) is 2.96. The Hall–Kier alpha value is -1.10. The fraction of sp³-hybridized carbons (Fsp3) is 0.714. The zero-order chi connectivity index (χ0) is 17.1. The standard InChI is InChI=1S/C21H32N2O2/c24-18-7-5-17(6-8-18)13-23-14-19-20(15-23)21(19)16-25-12-4-11-22-9-2-1-3-10-22/h5-8,19-21,24H,1-4,9-16H2/t19-,20?,21?/m1/s1. The van der Waals surface area contributed by atoms with Gasteiger partial charge in [0, 0.05) is 32.8 Å². The third-order valence-corrected chi connectivity index (χ3v) is 6.31. The van der Waals surface area contributed by atoms with Crippen LogP contribution in [0, 0.1) is 17.8 Å². The number of fused-ring (bicyclic) bond motifs is 1. The topological polar surface area (TPSA) is 35.9 Å². The van der Waals surface area contributed by atoms with E-state index in [1.54, 1.807) is 12.1 Å². The summed E-state index contributed by atoms with van der Waals surface area (Å²) in [5.41, 5.74) is 1.30. The third kappa shape index (κ3) is 4.55. The molecule has 3 atom stereocenters. The van der Waals surface area contributed by atoms with Gasteiger partial charge in [-0.15, -0.1) is 0 Å². The van der Waals surface area contributed by atoms with Gasteiger partial charge in [0.1, 0.15) is 5.75 Å². The number of ether oxygens (including phenoxy) is 1. The van der Waals surface area contributed by atoms with E-state index < -0.39 is 0 Å². The fourth-order valence-corrected chi connectivity index (χ4v) is 4.77. The molecule has 0 spiro atoms. The van der Waals surface area contributed by atoms with Gasteiger partial charge in [-0.05, 0) is 67.8 Å². The van der Waals surface area contributed by atoms with Gasteiger partial charge in [-0.1, -0.05) is 18.6 Å². The van der Waals surface area contributed by atoms with Gasteiger partial charge in [0.15, 0.2) is 0 Å². The molecule has 2 saturated heterocycles. The lowest BCUT2D eigenvalue weighted by Gasteiger charge is -2.26. The molecule has 3 fully saturated rings. The molecule has 4 nitrogen and oxygen atoms in total. The summed E-state index contributed by atoms with van der Waals surface area (Å²) in [6.07, 6.45) is 5.37. The van der Waals surface area contributed by atoms with Crippen molar-refractivity contribution in [1.82, 2.24) is 9.80 Å². The molecule has 2 aliphatic heterocycles. The first kappa shape index (κ1) is 17.3. The Balaban J connectivity index is 1.07. The number of rotatable bonds is 8. The first-order valence-corrected chi connectivity index (χ1v) is 10.1. The number of hydrogen-bond acceptors (Lipinski definition) is 4. The molecule has 1 aromatic carbocycles. The molecule has 1 saturated carbocycles. The first-order valence-electron chi connectivity index (χ1n) is 10.1. The highest BCUT2D eigenvalue weighted by molar-refractivity contribution is 5.26. The largest absolute Gasteiger partial charge is 0.508 e. The second-order valence-corrected chi connectivity index (χ2v) is 8.18. The molecule has 1 N–H and O–H groups in total. The second-order valence-electron chi connectivity index (χ2n) is 8.18. The van der Waals surface area contributed by atoms with Crippen molar-refractivity contribution in [2.75, 3.05) is 45.9 Å². The van der Waals surface area contributed by atoms with E-state index in [1.807, 2.05) is 12.1 Å². The van der Waals surface area contributed by atoms with Gasteiger partial charge in [0.25, 0.3) is 0 Å². The Bertz CT molecular complexity index is 529. The maximum atomic E-state index is 9.37. The fourth-order valence-electron chi connectivity index (χ4n) is 4.77. The number of benzene rings is 1. The van der Waals surface area contributed by atoms with Gasteiger partial charge in [0.05, 0.1) is 6.61 Å². The molecule has 0 radical (unpaired) electrons. The Morgan fingerprint density at radius 1 is 0.960 bits per heavy atom. The minimum absolute atomic E-state index is 0.352. The number of phenols is 1. The zero-order valence-electron chi connectivity index (χ0n) is 15.3. The van der Waals surface area contributed by atoms with Crippen molar-refractivity contribution in [3.05, 3.63) is 29.8 Å². The number of aromatic hydroxyl groups is 1. The molecule has 25 heavy (non-hydrogen) atoms. The Kier molecular flexibility index (Phi) is 5.59. The van der Waals surface area contributed by atoms with Crippen molar-refractivity contribution >= 4 is 0 Å². The summed E-state index contributed by atoms with van der Waals surface area (Å²) in [7, 11) is 0. The molecule has 1 aliphatic carbocycles. The van der Waals surface area contributed by atoms with E-state index >= 15 is 0 Å². The van der Waals surface area contributed by atoms with Crippen LogP contribution in [0.1, 0.15) is 31.2 Å². The molecule has 0 aromatic heterocycles. The first-order chi connectivity index (χ1) is 12.3. The summed E-state index contributed by atoms with van der Waals surface area (Å²) in [5.74, 6) is 2.88. The minimum Gasteiger partial charge on any atom is -0.508 e. The summed E-state index contributed by atoms with van der Waals surface area (Å²) in [4.78, 5) is 5.15. The van der Waals surface area contributed by atoms with E-state index in [9.17, 15) is 5.11 Å². The SMILES string of the molecule is Oc1ccc(CN2CC3C(COCCCN4CCCCC4)[C@@H]3C2)cc1. The summed E-state index contributed by atoms with van der Waals surface area (Å²) >= 11 is 0. The Morgan fingerprint density at radius 2 is 1.68 bits per heavy atom. The van der Waals surface area contributed by atoms with E-state index in [0.29, 0.717) is 5.75 Å². The van der Waals surface area contributed by atoms with Crippen LogP contribution in [0.3, 0.4) is 0 Å². The maximum Gasteiger partial charge on any atom is 0.115 e. The van der Waals surface area contributed by atoms with Crippen molar-refractivity contribution in [1.29, 1.82) is 0 Å². The Labute approximate surface area is 151 Å². The quantitative estimate of drug-likeness (QED) is 0.736. The van der Waals surface area contributed by atoms with E-state index in [4.69, 9.17) is 4.74 Å². The predicted molar refractivity (Wildman–Crippen MR) is 99.6 cm³/mol. The van der Waals surface area contributed by atoms with Crippen LogP contribution in [0.5, 0.6) is 5.75 Å². The number of piperidine rings is 2. The molecule has 0 amide bonds. The average Bonchev–Trinajstić information content (AvgIpc) is 3.09. The lowest BCUT2D eigenvalue weighted by molar-refractivity contribution is 0.0967. The summed E-state index contributed by atoms with van der Waals surface area (Å²) < 4.78 is 5.98. The van der Waals surface area contributed by atoms with Crippen molar-refractivity contribution in [3.8, 4) is 5.75 Å². The van der Waals surface area contributed by atoms with Crippen LogP contribution in [0.15, 0.2) is 24.3 Å². The monoisotopic (exact) mass is 344 g/mol. The summed E-state index contributed by atoms with van der Waals surface area (Å²) in [5, 5.41) is 9.37. The van der Waals surface area contributed by atoms with E-state index in [-0.39, 0.29) is 0 Å². The average molecular weight is 344 g/mol. The van der Waals surface area contributed by atoms with Crippen LogP contribution in [-0.4, -0.2) is 60.8 Å². The van der Waals surface area contributed by atoms with Gasteiger partial charge < -0.3 is 14.7 Å². The van der Waals surface area contributed by atoms with Crippen LogP contribution in [0.25, 0.3) is 0 Å². The van der Waals surface area contributed by atoms with Crippen molar-refractivity contribution < 1.29 is 9.84 Å². The molecule has 138 valence electrons. The van der Waals surface area contributed by atoms with Crippen LogP contribution >= 0.6 is 0 Å². The van der Waals surface area contributed by atoms with Crippen molar-refractivity contribution in [3.63, 3.8) is 0 Å². The second kappa shape index (κ2) is 8.07. The molecular weight excluding hydrogens is 312 g/mol. The maximum absolute atomic E-state index is 9.37. The number of hydrogen-bond donors (Lipinski definition) is 1. The number of phenolic OH excluding ortho intramolecular Hbond substituents is 1. The van der Waals surface area contributed by atoms with Crippen molar-refractivity contribution in [2.45, 2.75) is 32.2 Å². The highest BCUT2D eigenvalue weighted by Crippen LogP contribution is 2.52. The van der Waals surface area contributed by atoms with Crippen LogP contribution in [-0.2, 0) is 11.3 Å². The van der Waals surface area contributed by atoms with Crippen molar-refractivity contribution in [2.24, 2.45) is 17.8 Å². The summed E-state index contributed by atoms with van der Waals surface area (Å²) in [6.45, 7) is 9.16. The lowest BCUT2D eigenvalue weighted by Crippen LogP contribution is -2.31. The smallest absolute Gasteiger partial charge is 0.115 e. The molecule has 0 bridgehead atoms. The molecule has 2 heterocycles. The van der Waals surface area contributed by atoms with Gasteiger partial charge in [-0.2, -0.15) is 0 Å². The van der Waals surface area contributed by atoms with E-state index in [0.717, 1.165) is 37.5 Å². The van der Waals surface area contributed by atoms with Gasteiger partial charge in [0.2, 0.25) is 0 Å². The highest BCUT2D eigenvalue weighted by atomic mass is 16.5. The van der Waals surface area contributed by atoms with Gasteiger partial charge in [-0.3, -0.25) is 4.90 Å².